The second-order valence-corrected chi connectivity index (χ2v) is 4.67. The van der Waals surface area contributed by atoms with Crippen molar-refractivity contribution in [2.24, 2.45) is 5.92 Å². The van der Waals surface area contributed by atoms with Gasteiger partial charge < -0.3 is 20.8 Å². The molecule has 1 aliphatic rings. The minimum atomic E-state index is -1.25. The first kappa shape index (κ1) is 12.8. The lowest BCUT2D eigenvalue weighted by atomic mass is 9.99. The van der Waals surface area contributed by atoms with E-state index >= 15 is 0 Å². The number of hydrogen-bond donors (Lipinski definition) is 4. The Bertz CT molecular complexity index is 287. The number of carbonyl (C=O) groups is 2. The van der Waals surface area contributed by atoms with E-state index in [1.165, 1.54) is 0 Å². The summed E-state index contributed by atoms with van der Waals surface area (Å²) in [5.74, 6) is -0.794. The standard InChI is InChI=1S/C10H18N2O4/c1-10(2,6-3-4-6)12-9(16)11-7(5-13)8(14)15/h6-7,13H,3-5H2,1-2H3,(H,14,15)(H2,11,12,16)/t7-/m0/s1. The van der Waals surface area contributed by atoms with Crippen LogP contribution in [-0.4, -0.2) is 40.4 Å². The molecule has 92 valence electrons. The van der Waals surface area contributed by atoms with Crippen LogP contribution >= 0.6 is 0 Å². The molecule has 1 aliphatic carbocycles. The number of aliphatic hydroxyl groups excluding tert-OH is 1. The van der Waals surface area contributed by atoms with E-state index < -0.39 is 24.6 Å². The number of carbonyl (C=O) groups excluding carboxylic acids is 1. The molecule has 0 aromatic carbocycles. The summed E-state index contributed by atoms with van der Waals surface area (Å²) in [7, 11) is 0. The molecule has 0 heterocycles. The van der Waals surface area contributed by atoms with Gasteiger partial charge in [0.1, 0.15) is 0 Å². The van der Waals surface area contributed by atoms with Crippen LogP contribution in [0.3, 0.4) is 0 Å². The number of carboxylic acids is 1. The first-order chi connectivity index (χ1) is 7.36. The summed E-state index contributed by atoms with van der Waals surface area (Å²) >= 11 is 0. The normalized spacial score (nSPS) is 17.7. The molecule has 1 atom stereocenters. The molecule has 0 spiro atoms. The smallest absolute Gasteiger partial charge is 0.328 e. The van der Waals surface area contributed by atoms with Crippen LogP contribution in [0.25, 0.3) is 0 Å². The highest BCUT2D eigenvalue weighted by Crippen LogP contribution is 2.39. The molecule has 1 rings (SSSR count). The Labute approximate surface area is 94.0 Å². The number of carboxylic acid groups (broad SMARTS) is 1. The molecule has 0 aromatic rings. The molecule has 1 fully saturated rings. The van der Waals surface area contributed by atoms with E-state index in [0.717, 1.165) is 12.8 Å². The zero-order valence-electron chi connectivity index (χ0n) is 9.49. The Morgan fingerprint density at radius 3 is 2.38 bits per heavy atom. The van der Waals surface area contributed by atoms with Gasteiger partial charge in [-0.2, -0.15) is 0 Å². The van der Waals surface area contributed by atoms with E-state index in [1.807, 2.05) is 13.8 Å². The second-order valence-electron chi connectivity index (χ2n) is 4.67. The molecule has 1 saturated carbocycles. The molecule has 6 nitrogen and oxygen atoms in total. The van der Waals surface area contributed by atoms with Crippen molar-refractivity contribution in [3.8, 4) is 0 Å². The van der Waals surface area contributed by atoms with Crippen molar-refractivity contribution in [3.63, 3.8) is 0 Å². The Morgan fingerprint density at radius 1 is 1.44 bits per heavy atom. The second kappa shape index (κ2) is 4.69. The minimum Gasteiger partial charge on any atom is -0.480 e. The molecular formula is C10H18N2O4. The predicted molar refractivity (Wildman–Crippen MR) is 57.0 cm³/mol. The van der Waals surface area contributed by atoms with Gasteiger partial charge in [0, 0.05) is 5.54 Å². The molecule has 0 bridgehead atoms. The first-order valence-corrected chi connectivity index (χ1v) is 5.29. The molecule has 0 unspecified atom stereocenters. The van der Waals surface area contributed by atoms with Crippen molar-refractivity contribution >= 4 is 12.0 Å². The molecular weight excluding hydrogens is 212 g/mol. The summed E-state index contributed by atoms with van der Waals surface area (Å²) in [6, 6.07) is -1.81. The minimum absolute atomic E-state index is 0.331. The average molecular weight is 230 g/mol. The Morgan fingerprint density at radius 2 is 2.00 bits per heavy atom. The Balaban J connectivity index is 2.42. The van der Waals surface area contributed by atoms with E-state index in [4.69, 9.17) is 10.2 Å². The van der Waals surface area contributed by atoms with E-state index in [9.17, 15) is 9.59 Å². The molecule has 6 heteroatoms. The zero-order chi connectivity index (χ0) is 12.3. The monoisotopic (exact) mass is 230 g/mol. The van der Waals surface area contributed by atoms with Crippen molar-refractivity contribution in [3.05, 3.63) is 0 Å². The summed E-state index contributed by atoms with van der Waals surface area (Å²) in [6.45, 7) is 3.19. The highest BCUT2D eigenvalue weighted by Gasteiger charge is 2.39. The fraction of sp³-hybridized carbons (Fsp3) is 0.800. The van der Waals surface area contributed by atoms with Gasteiger partial charge in [0.25, 0.3) is 0 Å². The zero-order valence-corrected chi connectivity index (χ0v) is 9.49. The van der Waals surface area contributed by atoms with Crippen LogP contribution in [0, 0.1) is 5.92 Å². The van der Waals surface area contributed by atoms with Gasteiger partial charge in [0.15, 0.2) is 6.04 Å². The largest absolute Gasteiger partial charge is 0.480 e. The van der Waals surface area contributed by atoms with Crippen LogP contribution in [0.4, 0.5) is 4.79 Å². The molecule has 16 heavy (non-hydrogen) atoms. The molecule has 4 N–H and O–H groups in total. The summed E-state index contributed by atoms with van der Waals surface area (Å²) in [5.41, 5.74) is -0.331. The lowest BCUT2D eigenvalue weighted by Crippen LogP contribution is -2.54. The van der Waals surface area contributed by atoms with E-state index in [0.29, 0.717) is 5.92 Å². The van der Waals surface area contributed by atoms with Crippen molar-refractivity contribution < 1.29 is 19.8 Å². The van der Waals surface area contributed by atoms with Gasteiger partial charge in [-0.3, -0.25) is 0 Å². The Kier molecular flexibility index (Phi) is 3.74. The third kappa shape index (κ3) is 3.37. The van der Waals surface area contributed by atoms with Crippen molar-refractivity contribution in [1.82, 2.24) is 10.6 Å². The van der Waals surface area contributed by atoms with Crippen molar-refractivity contribution in [1.29, 1.82) is 0 Å². The topological polar surface area (TPSA) is 98.7 Å². The van der Waals surface area contributed by atoms with E-state index in [-0.39, 0.29) is 5.54 Å². The number of amides is 2. The quantitative estimate of drug-likeness (QED) is 0.531. The Hall–Kier alpha value is -1.30. The van der Waals surface area contributed by atoms with Crippen molar-refractivity contribution in [2.45, 2.75) is 38.3 Å². The molecule has 2 amide bonds. The van der Waals surface area contributed by atoms with E-state index in [1.54, 1.807) is 0 Å². The number of aliphatic carboxylic acids is 1. The van der Waals surface area contributed by atoms with Crippen LogP contribution in [0.2, 0.25) is 0 Å². The lowest BCUT2D eigenvalue weighted by Gasteiger charge is -2.27. The van der Waals surface area contributed by atoms with Gasteiger partial charge >= 0.3 is 12.0 Å². The SMILES string of the molecule is CC(C)(NC(=O)N[C@@H](CO)C(=O)O)C1CC1. The maximum absolute atomic E-state index is 11.5. The number of aliphatic hydroxyl groups is 1. The summed E-state index contributed by atoms with van der Waals surface area (Å²) in [6.07, 6.45) is 2.16. The van der Waals surface area contributed by atoms with Crippen LogP contribution < -0.4 is 10.6 Å². The third-order valence-electron chi connectivity index (χ3n) is 2.82. The fourth-order valence-corrected chi connectivity index (χ4v) is 1.58. The highest BCUT2D eigenvalue weighted by atomic mass is 16.4. The summed E-state index contributed by atoms with van der Waals surface area (Å²) in [4.78, 5) is 22.0. The number of nitrogens with one attached hydrogen (secondary N) is 2. The van der Waals surface area contributed by atoms with Gasteiger partial charge in [0.2, 0.25) is 0 Å². The molecule has 0 aromatic heterocycles. The summed E-state index contributed by atoms with van der Waals surface area (Å²) < 4.78 is 0. The maximum atomic E-state index is 11.5. The molecule has 0 radical (unpaired) electrons. The number of hydrogen-bond acceptors (Lipinski definition) is 3. The van der Waals surface area contributed by atoms with Crippen LogP contribution in [-0.2, 0) is 4.79 Å². The molecule has 0 saturated heterocycles. The third-order valence-corrected chi connectivity index (χ3v) is 2.82. The van der Waals surface area contributed by atoms with Gasteiger partial charge in [-0.15, -0.1) is 0 Å². The van der Waals surface area contributed by atoms with Gasteiger partial charge in [0.05, 0.1) is 6.61 Å². The van der Waals surface area contributed by atoms with E-state index in [2.05, 4.69) is 10.6 Å². The summed E-state index contributed by atoms with van der Waals surface area (Å²) in [5, 5.41) is 22.3. The van der Waals surface area contributed by atoms with Crippen molar-refractivity contribution in [2.75, 3.05) is 6.61 Å². The van der Waals surface area contributed by atoms with Gasteiger partial charge in [-0.1, -0.05) is 0 Å². The predicted octanol–water partition coefficient (Wildman–Crippen LogP) is -0.0803. The van der Waals surface area contributed by atoms with Crippen LogP contribution in [0.1, 0.15) is 26.7 Å². The highest BCUT2D eigenvalue weighted by molar-refractivity contribution is 5.82. The van der Waals surface area contributed by atoms with Gasteiger partial charge in [-0.25, -0.2) is 9.59 Å². The average Bonchev–Trinajstić information content (AvgIpc) is 2.95. The first-order valence-electron chi connectivity index (χ1n) is 5.29. The van der Waals surface area contributed by atoms with Gasteiger partial charge in [-0.05, 0) is 32.6 Å². The number of urea groups is 1. The van der Waals surface area contributed by atoms with Crippen LogP contribution in [0.5, 0.6) is 0 Å². The lowest BCUT2D eigenvalue weighted by molar-refractivity contribution is -0.140. The number of rotatable bonds is 5. The van der Waals surface area contributed by atoms with Crippen LogP contribution in [0.15, 0.2) is 0 Å². The maximum Gasteiger partial charge on any atom is 0.328 e. The molecule has 0 aliphatic heterocycles. The fourth-order valence-electron chi connectivity index (χ4n) is 1.58.